The van der Waals surface area contributed by atoms with Gasteiger partial charge in [-0.05, 0) is 65.7 Å². The lowest BCUT2D eigenvalue weighted by molar-refractivity contribution is 0.102. The quantitative estimate of drug-likeness (QED) is 0.468. The van der Waals surface area contributed by atoms with E-state index in [0.717, 1.165) is 27.9 Å². The topological polar surface area (TPSA) is 60.5 Å². The van der Waals surface area contributed by atoms with Crippen molar-refractivity contribution in [2.24, 2.45) is 0 Å². The Labute approximate surface area is 176 Å². The van der Waals surface area contributed by atoms with E-state index in [2.05, 4.69) is 33.2 Å². The number of aromatic nitrogens is 1. The van der Waals surface area contributed by atoms with E-state index in [1.54, 1.807) is 19.2 Å². The van der Waals surface area contributed by atoms with Crippen molar-refractivity contribution in [2.75, 3.05) is 12.4 Å². The number of halogens is 1. The first kappa shape index (κ1) is 20.4. The van der Waals surface area contributed by atoms with E-state index < -0.39 is 0 Å². The van der Waals surface area contributed by atoms with Gasteiger partial charge in [0.05, 0.1) is 23.4 Å². The number of hydrogen-bond acceptors (Lipinski definition) is 5. The van der Waals surface area contributed by atoms with Crippen molar-refractivity contribution < 1.29 is 14.3 Å². The highest BCUT2D eigenvalue weighted by Crippen LogP contribution is 2.32. The highest BCUT2D eigenvalue weighted by molar-refractivity contribution is 9.10. The molecule has 0 spiro atoms. The van der Waals surface area contributed by atoms with Gasteiger partial charge in [0, 0.05) is 16.5 Å². The normalized spacial score (nSPS) is 11.7. The summed E-state index contributed by atoms with van der Waals surface area (Å²) >= 11 is 4.86. The molecule has 3 aromatic rings. The van der Waals surface area contributed by atoms with Crippen LogP contribution in [0, 0.1) is 0 Å². The van der Waals surface area contributed by atoms with Crippen LogP contribution in [0.3, 0.4) is 0 Å². The molecule has 1 aromatic heterocycles. The number of nitrogens with one attached hydrogen (secondary N) is 1. The maximum Gasteiger partial charge on any atom is 0.257 e. The molecule has 1 atom stereocenters. The van der Waals surface area contributed by atoms with Gasteiger partial charge in [0.25, 0.3) is 5.91 Å². The van der Waals surface area contributed by atoms with Gasteiger partial charge in [-0.2, -0.15) is 0 Å². The van der Waals surface area contributed by atoms with Crippen LogP contribution in [-0.4, -0.2) is 24.1 Å². The Morgan fingerprint density at radius 3 is 2.82 bits per heavy atom. The van der Waals surface area contributed by atoms with Crippen molar-refractivity contribution in [1.82, 2.24) is 4.98 Å². The molecule has 0 aliphatic rings. The van der Waals surface area contributed by atoms with Crippen LogP contribution in [0.5, 0.6) is 11.5 Å². The van der Waals surface area contributed by atoms with Crippen LogP contribution in [0.1, 0.15) is 30.6 Å². The minimum absolute atomic E-state index is 0.101. The zero-order valence-corrected chi connectivity index (χ0v) is 18.3. The van der Waals surface area contributed by atoms with E-state index in [4.69, 9.17) is 9.47 Å². The summed E-state index contributed by atoms with van der Waals surface area (Å²) in [5.74, 6) is 1.23. The number of hydrogen-bond donors (Lipinski definition) is 1. The summed E-state index contributed by atoms with van der Waals surface area (Å²) in [6.45, 7) is 4.06. The molecule has 1 amide bonds. The molecule has 7 heteroatoms. The first-order valence-electron chi connectivity index (χ1n) is 8.87. The lowest BCUT2D eigenvalue weighted by Crippen LogP contribution is -2.13. The molecule has 2 aromatic carbocycles. The third kappa shape index (κ3) is 4.91. The molecule has 0 unspecified atom stereocenters. The molecule has 0 saturated heterocycles. The van der Waals surface area contributed by atoms with Crippen LogP contribution >= 0.6 is 27.3 Å². The summed E-state index contributed by atoms with van der Waals surface area (Å²) in [6, 6.07) is 12.9. The average Bonchev–Trinajstić information content (AvgIpc) is 3.16. The Hall–Kier alpha value is -2.38. The molecule has 3 rings (SSSR count). The van der Waals surface area contributed by atoms with E-state index in [-0.39, 0.29) is 12.0 Å². The summed E-state index contributed by atoms with van der Waals surface area (Å²) in [6.07, 6.45) is 1.00. The molecule has 146 valence electrons. The Balaban J connectivity index is 1.72. The number of benzene rings is 2. The summed E-state index contributed by atoms with van der Waals surface area (Å²) in [7, 11) is 1.62. The second kappa shape index (κ2) is 9.21. The number of anilines is 1. The van der Waals surface area contributed by atoms with E-state index >= 15 is 0 Å². The number of amides is 1. The first-order valence-corrected chi connectivity index (χ1v) is 10.5. The molecule has 0 radical (unpaired) electrons. The summed E-state index contributed by atoms with van der Waals surface area (Å²) in [4.78, 5) is 17.1. The smallest absolute Gasteiger partial charge is 0.257 e. The molecule has 0 aliphatic heterocycles. The van der Waals surface area contributed by atoms with Crippen LogP contribution in [0.2, 0.25) is 0 Å². The molecule has 0 bridgehead atoms. The molecular weight excluding hydrogens is 440 g/mol. The lowest BCUT2D eigenvalue weighted by Gasteiger charge is -2.13. The standard InChI is InChI=1S/C21H21BrN2O3S/c1-4-13(2)27-16-7-5-6-15(10-16)20(25)24-21-23-18(12-28-21)14-8-9-19(26-3)17(22)11-14/h5-13H,4H2,1-3H3,(H,23,24,25)/t13-/m1/s1. The van der Waals surface area contributed by atoms with Gasteiger partial charge in [-0.1, -0.05) is 13.0 Å². The largest absolute Gasteiger partial charge is 0.496 e. The fraction of sp³-hybridized carbons (Fsp3) is 0.238. The van der Waals surface area contributed by atoms with Crippen molar-refractivity contribution in [3.05, 3.63) is 57.9 Å². The number of rotatable bonds is 7. The zero-order valence-electron chi connectivity index (χ0n) is 15.9. The van der Waals surface area contributed by atoms with Gasteiger partial charge in [0.15, 0.2) is 5.13 Å². The van der Waals surface area contributed by atoms with Crippen molar-refractivity contribution in [2.45, 2.75) is 26.4 Å². The highest BCUT2D eigenvalue weighted by atomic mass is 79.9. The molecule has 0 aliphatic carbocycles. The molecule has 28 heavy (non-hydrogen) atoms. The minimum Gasteiger partial charge on any atom is -0.496 e. The van der Waals surface area contributed by atoms with E-state index in [0.29, 0.717) is 16.4 Å². The summed E-state index contributed by atoms with van der Waals surface area (Å²) < 4.78 is 11.9. The summed E-state index contributed by atoms with van der Waals surface area (Å²) in [5.41, 5.74) is 2.26. The zero-order chi connectivity index (χ0) is 20.1. The molecule has 1 heterocycles. The van der Waals surface area contributed by atoms with Crippen LogP contribution < -0.4 is 14.8 Å². The molecule has 0 fully saturated rings. The number of carbonyl (C=O) groups is 1. The number of ether oxygens (including phenoxy) is 2. The van der Waals surface area contributed by atoms with Gasteiger partial charge in [-0.25, -0.2) is 4.98 Å². The van der Waals surface area contributed by atoms with Gasteiger partial charge >= 0.3 is 0 Å². The number of carbonyl (C=O) groups excluding carboxylic acids is 1. The van der Waals surface area contributed by atoms with Crippen LogP contribution in [0.25, 0.3) is 11.3 Å². The SMILES string of the molecule is CC[C@@H](C)Oc1cccc(C(=O)Nc2nc(-c3ccc(OC)c(Br)c3)cs2)c1. The fourth-order valence-electron chi connectivity index (χ4n) is 2.49. The maximum atomic E-state index is 12.6. The number of nitrogens with zero attached hydrogens (tertiary/aromatic N) is 1. The predicted molar refractivity (Wildman–Crippen MR) is 117 cm³/mol. The highest BCUT2D eigenvalue weighted by Gasteiger charge is 2.12. The third-order valence-corrected chi connectivity index (χ3v) is 5.56. The molecule has 5 nitrogen and oxygen atoms in total. The second-order valence-corrected chi connectivity index (χ2v) is 7.92. The van der Waals surface area contributed by atoms with Crippen molar-refractivity contribution in [3.63, 3.8) is 0 Å². The van der Waals surface area contributed by atoms with Gasteiger partial charge in [-0.3, -0.25) is 10.1 Å². The second-order valence-electron chi connectivity index (χ2n) is 6.21. The van der Waals surface area contributed by atoms with Crippen LogP contribution in [-0.2, 0) is 0 Å². The van der Waals surface area contributed by atoms with Crippen LogP contribution in [0.4, 0.5) is 5.13 Å². The van der Waals surface area contributed by atoms with Gasteiger partial charge in [0.2, 0.25) is 0 Å². The monoisotopic (exact) mass is 460 g/mol. The third-order valence-electron chi connectivity index (χ3n) is 4.18. The van der Waals surface area contributed by atoms with Gasteiger partial charge in [-0.15, -0.1) is 11.3 Å². The van der Waals surface area contributed by atoms with E-state index in [1.807, 2.05) is 42.6 Å². The van der Waals surface area contributed by atoms with Crippen molar-refractivity contribution >= 4 is 38.3 Å². The summed E-state index contributed by atoms with van der Waals surface area (Å²) in [5, 5.41) is 5.31. The first-order chi connectivity index (χ1) is 13.5. The Morgan fingerprint density at radius 2 is 2.11 bits per heavy atom. The number of thiazole rings is 1. The Morgan fingerprint density at radius 1 is 1.29 bits per heavy atom. The Kier molecular flexibility index (Phi) is 6.70. The van der Waals surface area contributed by atoms with Crippen molar-refractivity contribution in [1.29, 1.82) is 0 Å². The number of methoxy groups -OCH3 is 1. The minimum atomic E-state index is -0.216. The van der Waals surface area contributed by atoms with E-state index in [1.165, 1.54) is 11.3 Å². The van der Waals surface area contributed by atoms with E-state index in [9.17, 15) is 4.79 Å². The van der Waals surface area contributed by atoms with Crippen molar-refractivity contribution in [3.8, 4) is 22.8 Å². The average molecular weight is 461 g/mol. The fourth-order valence-corrected chi connectivity index (χ4v) is 3.74. The molecule has 1 N–H and O–H groups in total. The van der Waals surface area contributed by atoms with Gasteiger partial charge in [0.1, 0.15) is 11.5 Å². The maximum absolute atomic E-state index is 12.6. The van der Waals surface area contributed by atoms with Gasteiger partial charge < -0.3 is 9.47 Å². The van der Waals surface area contributed by atoms with Crippen LogP contribution in [0.15, 0.2) is 52.3 Å². The molecule has 0 saturated carbocycles. The molecular formula is C21H21BrN2O3S. The predicted octanol–water partition coefficient (Wildman–Crippen LogP) is 6.01. The lowest BCUT2D eigenvalue weighted by atomic mass is 10.2. The Bertz CT molecular complexity index is 974.